The van der Waals surface area contributed by atoms with Crippen molar-refractivity contribution in [1.29, 1.82) is 0 Å². The standard InChI is InChI=1S/C15H19N3O3/c1-2-5-10(15(20)21)9-16-14(19)8-13-11-6-3-4-7-12(11)17-18-13/h3-4,6-7,10H,2,5,8-9H2,1H3,(H,16,19)(H,17,18)(H,20,21). The lowest BCUT2D eigenvalue weighted by atomic mass is 10.0. The average Bonchev–Trinajstić information content (AvgIpc) is 2.86. The van der Waals surface area contributed by atoms with Gasteiger partial charge < -0.3 is 10.4 Å². The molecule has 1 atom stereocenters. The van der Waals surface area contributed by atoms with E-state index in [0.717, 1.165) is 23.0 Å². The topological polar surface area (TPSA) is 95.1 Å². The molecule has 1 unspecified atom stereocenters. The third-order valence-electron chi connectivity index (χ3n) is 3.41. The number of para-hydroxylation sites is 1. The van der Waals surface area contributed by atoms with Crippen molar-refractivity contribution in [3.8, 4) is 0 Å². The minimum Gasteiger partial charge on any atom is -0.481 e. The normalized spacial score (nSPS) is 12.2. The Morgan fingerprint density at radius 3 is 2.86 bits per heavy atom. The predicted molar refractivity (Wildman–Crippen MR) is 78.8 cm³/mol. The van der Waals surface area contributed by atoms with Crippen LogP contribution in [0.1, 0.15) is 25.5 Å². The van der Waals surface area contributed by atoms with E-state index in [9.17, 15) is 9.59 Å². The van der Waals surface area contributed by atoms with Gasteiger partial charge in [0.05, 0.1) is 23.5 Å². The van der Waals surface area contributed by atoms with Crippen molar-refractivity contribution >= 4 is 22.8 Å². The molecule has 112 valence electrons. The highest BCUT2D eigenvalue weighted by Crippen LogP contribution is 2.15. The highest BCUT2D eigenvalue weighted by Gasteiger charge is 2.17. The second kappa shape index (κ2) is 6.88. The summed E-state index contributed by atoms with van der Waals surface area (Å²) in [5.41, 5.74) is 1.56. The highest BCUT2D eigenvalue weighted by molar-refractivity contribution is 5.87. The number of fused-ring (bicyclic) bond motifs is 1. The van der Waals surface area contributed by atoms with Crippen molar-refractivity contribution in [2.24, 2.45) is 5.92 Å². The minimum atomic E-state index is -0.871. The molecule has 0 aliphatic heterocycles. The summed E-state index contributed by atoms with van der Waals surface area (Å²) in [5, 5.41) is 19.6. The first-order valence-corrected chi connectivity index (χ1v) is 7.03. The molecule has 1 heterocycles. The fourth-order valence-electron chi connectivity index (χ4n) is 2.27. The monoisotopic (exact) mass is 289 g/mol. The number of aliphatic carboxylic acids is 1. The molecule has 2 rings (SSSR count). The summed E-state index contributed by atoms with van der Waals surface area (Å²) >= 11 is 0. The van der Waals surface area contributed by atoms with Crippen molar-refractivity contribution in [3.63, 3.8) is 0 Å². The molecule has 0 radical (unpaired) electrons. The number of benzene rings is 1. The number of nitrogens with one attached hydrogen (secondary N) is 2. The average molecular weight is 289 g/mol. The van der Waals surface area contributed by atoms with Gasteiger partial charge in [-0.15, -0.1) is 0 Å². The first-order chi connectivity index (χ1) is 10.1. The first-order valence-electron chi connectivity index (χ1n) is 7.03. The first kappa shape index (κ1) is 15.0. The van der Waals surface area contributed by atoms with Crippen molar-refractivity contribution in [1.82, 2.24) is 15.5 Å². The number of aromatic amines is 1. The van der Waals surface area contributed by atoms with E-state index in [-0.39, 0.29) is 18.9 Å². The fourth-order valence-corrected chi connectivity index (χ4v) is 2.27. The summed E-state index contributed by atoms with van der Waals surface area (Å²) < 4.78 is 0. The minimum absolute atomic E-state index is 0.161. The molecule has 0 fully saturated rings. The van der Waals surface area contributed by atoms with E-state index in [2.05, 4.69) is 15.5 Å². The van der Waals surface area contributed by atoms with Crippen molar-refractivity contribution in [2.75, 3.05) is 6.54 Å². The van der Waals surface area contributed by atoms with Gasteiger partial charge in [-0.3, -0.25) is 14.7 Å². The molecule has 1 amide bonds. The summed E-state index contributed by atoms with van der Waals surface area (Å²) in [7, 11) is 0. The molecule has 0 aliphatic rings. The molecule has 3 N–H and O–H groups in total. The van der Waals surface area contributed by atoms with Crippen LogP contribution in [0.3, 0.4) is 0 Å². The van der Waals surface area contributed by atoms with Gasteiger partial charge in [-0.25, -0.2) is 0 Å². The van der Waals surface area contributed by atoms with Crippen LogP contribution in [-0.2, 0) is 16.0 Å². The zero-order valence-corrected chi connectivity index (χ0v) is 11.9. The summed E-state index contributed by atoms with van der Waals surface area (Å²) in [5.74, 6) is -1.60. The number of carboxylic acids is 1. The maximum atomic E-state index is 11.9. The Morgan fingerprint density at radius 2 is 2.14 bits per heavy atom. The van der Waals surface area contributed by atoms with Gasteiger partial charge in [0.25, 0.3) is 0 Å². The zero-order valence-electron chi connectivity index (χ0n) is 11.9. The van der Waals surface area contributed by atoms with E-state index < -0.39 is 11.9 Å². The molecule has 0 bridgehead atoms. The highest BCUT2D eigenvalue weighted by atomic mass is 16.4. The van der Waals surface area contributed by atoms with E-state index in [0.29, 0.717) is 6.42 Å². The summed E-state index contributed by atoms with van der Waals surface area (Å²) in [6.07, 6.45) is 1.50. The predicted octanol–water partition coefficient (Wildman–Crippen LogP) is 1.72. The van der Waals surface area contributed by atoms with Crippen LogP contribution in [0.4, 0.5) is 0 Å². The Bertz CT molecular complexity index is 636. The maximum absolute atomic E-state index is 11.9. The van der Waals surface area contributed by atoms with E-state index in [1.165, 1.54) is 0 Å². The van der Waals surface area contributed by atoms with Gasteiger partial charge in [0.15, 0.2) is 0 Å². The Labute approximate surface area is 122 Å². The Kier molecular flexibility index (Phi) is 4.92. The van der Waals surface area contributed by atoms with Gasteiger partial charge in [-0.1, -0.05) is 31.5 Å². The lowest BCUT2D eigenvalue weighted by Crippen LogP contribution is -2.33. The van der Waals surface area contributed by atoms with Crippen molar-refractivity contribution in [2.45, 2.75) is 26.2 Å². The van der Waals surface area contributed by atoms with Crippen molar-refractivity contribution in [3.05, 3.63) is 30.0 Å². The molecular formula is C15H19N3O3. The number of hydrogen-bond donors (Lipinski definition) is 3. The number of carbonyl (C=O) groups excluding carboxylic acids is 1. The Balaban J connectivity index is 1.94. The number of hydrogen-bond acceptors (Lipinski definition) is 3. The third kappa shape index (κ3) is 3.81. The Morgan fingerprint density at radius 1 is 1.38 bits per heavy atom. The fraction of sp³-hybridized carbons (Fsp3) is 0.400. The molecule has 2 aromatic rings. The largest absolute Gasteiger partial charge is 0.481 e. The smallest absolute Gasteiger partial charge is 0.308 e. The quantitative estimate of drug-likeness (QED) is 0.723. The molecule has 1 aromatic carbocycles. The van der Waals surface area contributed by atoms with Crippen LogP contribution >= 0.6 is 0 Å². The molecule has 6 heteroatoms. The van der Waals surface area contributed by atoms with E-state index >= 15 is 0 Å². The molecule has 1 aromatic heterocycles. The van der Waals surface area contributed by atoms with Gasteiger partial charge in [-0.05, 0) is 12.5 Å². The number of nitrogens with zero attached hydrogens (tertiary/aromatic N) is 1. The number of carbonyl (C=O) groups is 2. The van der Waals surface area contributed by atoms with Crippen LogP contribution in [0.25, 0.3) is 10.9 Å². The summed E-state index contributed by atoms with van der Waals surface area (Å²) in [4.78, 5) is 23.0. The molecule has 21 heavy (non-hydrogen) atoms. The zero-order chi connectivity index (χ0) is 15.2. The second-order valence-corrected chi connectivity index (χ2v) is 5.02. The van der Waals surface area contributed by atoms with Gasteiger partial charge >= 0.3 is 5.97 Å². The van der Waals surface area contributed by atoms with Crippen LogP contribution < -0.4 is 5.32 Å². The Hall–Kier alpha value is -2.37. The van der Waals surface area contributed by atoms with E-state index in [1.54, 1.807) is 0 Å². The maximum Gasteiger partial charge on any atom is 0.308 e. The molecule has 0 spiro atoms. The molecule has 0 saturated carbocycles. The molecular weight excluding hydrogens is 270 g/mol. The van der Waals surface area contributed by atoms with Crippen molar-refractivity contribution < 1.29 is 14.7 Å². The molecule has 0 saturated heterocycles. The number of aromatic nitrogens is 2. The summed E-state index contributed by atoms with van der Waals surface area (Å²) in [6, 6.07) is 7.55. The van der Waals surface area contributed by atoms with E-state index in [1.807, 2.05) is 31.2 Å². The number of amides is 1. The second-order valence-electron chi connectivity index (χ2n) is 5.02. The number of rotatable bonds is 7. The van der Waals surface area contributed by atoms with Crippen LogP contribution in [0.5, 0.6) is 0 Å². The van der Waals surface area contributed by atoms with Gasteiger partial charge in [0.2, 0.25) is 5.91 Å². The lowest BCUT2D eigenvalue weighted by Gasteiger charge is -2.12. The number of H-pyrrole nitrogens is 1. The van der Waals surface area contributed by atoms with E-state index in [4.69, 9.17) is 5.11 Å². The SMILES string of the molecule is CCCC(CNC(=O)Cc1[nH]nc2ccccc12)C(=O)O. The van der Waals surface area contributed by atoms with Crippen LogP contribution in [0, 0.1) is 5.92 Å². The van der Waals surface area contributed by atoms with Crippen LogP contribution in [-0.4, -0.2) is 33.7 Å². The van der Waals surface area contributed by atoms with Gasteiger partial charge in [0.1, 0.15) is 0 Å². The number of carboxylic acid groups (broad SMARTS) is 1. The summed E-state index contributed by atoms with van der Waals surface area (Å²) in [6.45, 7) is 2.09. The molecule has 0 aliphatic carbocycles. The van der Waals surface area contributed by atoms with Crippen LogP contribution in [0.2, 0.25) is 0 Å². The third-order valence-corrected chi connectivity index (χ3v) is 3.41. The van der Waals surface area contributed by atoms with Crippen LogP contribution in [0.15, 0.2) is 24.3 Å². The van der Waals surface area contributed by atoms with Gasteiger partial charge in [-0.2, -0.15) is 5.10 Å². The van der Waals surface area contributed by atoms with Gasteiger partial charge in [0, 0.05) is 11.9 Å². The lowest BCUT2D eigenvalue weighted by molar-refractivity contribution is -0.141. The molecule has 6 nitrogen and oxygen atoms in total.